The molecule has 6 nitrogen and oxygen atoms in total. The van der Waals surface area contributed by atoms with E-state index in [4.69, 9.17) is 5.26 Å². The highest BCUT2D eigenvalue weighted by Gasteiger charge is 2.23. The Labute approximate surface area is 214 Å². The van der Waals surface area contributed by atoms with E-state index in [1.807, 2.05) is 30.3 Å². The van der Waals surface area contributed by atoms with Crippen LogP contribution in [-0.4, -0.2) is 42.4 Å². The van der Waals surface area contributed by atoms with E-state index in [1.165, 1.54) is 24.5 Å². The molecule has 1 aliphatic carbocycles. The molecule has 2 aliphatic rings. The first kappa shape index (κ1) is 25.7. The molecule has 1 saturated carbocycles. The van der Waals surface area contributed by atoms with Gasteiger partial charge >= 0.3 is 0 Å². The minimum absolute atomic E-state index is 0.0629. The smallest absolute Gasteiger partial charge is 0.244 e. The standard InChI is InChI=1S/C30H36N4O2/c1-22(35)32-29-4-2-3-24(20-29)8-12-30(36)33-28-10-6-23(7-11-28)13-16-34-17-14-26-9-5-25(21-31)19-27(26)15-18-34/h2-5,8-9,12,19-20,23,28H,6-7,10-11,13-18H2,1H3,(H,32,35)(H,33,36)/b12-8+. The van der Waals surface area contributed by atoms with Crippen molar-refractivity contribution in [3.63, 3.8) is 0 Å². The molecule has 0 bridgehead atoms. The average molecular weight is 485 g/mol. The number of amides is 2. The molecule has 188 valence electrons. The first-order valence-corrected chi connectivity index (χ1v) is 13.1. The number of benzene rings is 2. The Hall–Kier alpha value is -3.43. The summed E-state index contributed by atoms with van der Waals surface area (Å²) in [5.41, 5.74) is 5.09. The summed E-state index contributed by atoms with van der Waals surface area (Å²) in [5, 5.41) is 15.1. The largest absolute Gasteiger partial charge is 0.350 e. The third kappa shape index (κ3) is 7.53. The van der Waals surface area contributed by atoms with Crippen molar-refractivity contribution < 1.29 is 9.59 Å². The van der Waals surface area contributed by atoms with E-state index in [2.05, 4.69) is 33.7 Å². The van der Waals surface area contributed by atoms with E-state index in [-0.39, 0.29) is 17.9 Å². The van der Waals surface area contributed by atoms with Gasteiger partial charge in [0.1, 0.15) is 0 Å². The van der Waals surface area contributed by atoms with Crippen LogP contribution in [0.2, 0.25) is 0 Å². The quantitative estimate of drug-likeness (QED) is 0.558. The van der Waals surface area contributed by atoms with Gasteiger partial charge in [-0.3, -0.25) is 9.59 Å². The van der Waals surface area contributed by atoms with E-state index < -0.39 is 0 Å². The number of rotatable bonds is 7. The first-order chi connectivity index (χ1) is 17.5. The van der Waals surface area contributed by atoms with Gasteiger partial charge in [0.2, 0.25) is 11.8 Å². The van der Waals surface area contributed by atoms with Gasteiger partial charge in [-0.2, -0.15) is 5.26 Å². The Kier molecular flexibility index (Phi) is 8.91. The number of nitrogens with one attached hydrogen (secondary N) is 2. The number of nitrogens with zero attached hydrogens (tertiary/aromatic N) is 2. The maximum atomic E-state index is 12.4. The molecule has 1 fully saturated rings. The van der Waals surface area contributed by atoms with Gasteiger partial charge < -0.3 is 15.5 Å². The molecular weight excluding hydrogens is 448 g/mol. The van der Waals surface area contributed by atoms with E-state index >= 15 is 0 Å². The van der Waals surface area contributed by atoms with Gasteiger partial charge in [-0.25, -0.2) is 0 Å². The molecule has 4 rings (SSSR count). The number of hydrogen-bond acceptors (Lipinski definition) is 4. The Morgan fingerprint density at radius 1 is 1.06 bits per heavy atom. The average Bonchev–Trinajstić information content (AvgIpc) is 3.08. The zero-order chi connectivity index (χ0) is 25.3. The summed E-state index contributed by atoms with van der Waals surface area (Å²) in [4.78, 5) is 26.2. The lowest BCUT2D eigenvalue weighted by Gasteiger charge is -2.30. The molecule has 36 heavy (non-hydrogen) atoms. The summed E-state index contributed by atoms with van der Waals surface area (Å²) in [6, 6.07) is 16.1. The second kappa shape index (κ2) is 12.5. The maximum Gasteiger partial charge on any atom is 0.244 e. The van der Waals surface area contributed by atoms with Crippen molar-refractivity contribution in [3.8, 4) is 6.07 Å². The second-order valence-electron chi connectivity index (χ2n) is 10.1. The van der Waals surface area contributed by atoms with Crippen LogP contribution in [0, 0.1) is 17.2 Å². The van der Waals surface area contributed by atoms with Crippen molar-refractivity contribution in [2.45, 2.75) is 57.9 Å². The number of hydrogen-bond donors (Lipinski definition) is 2. The molecule has 0 unspecified atom stereocenters. The zero-order valence-corrected chi connectivity index (χ0v) is 21.1. The van der Waals surface area contributed by atoms with Crippen LogP contribution in [0.25, 0.3) is 6.08 Å². The Morgan fingerprint density at radius 2 is 1.83 bits per heavy atom. The summed E-state index contributed by atoms with van der Waals surface area (Å²) >= 11 is 0. The van der Waals surface area contributed by atoms with E-state index in [1.54, 1.807) is 12.2 Å². The predicted octanol–water partition coefficient (Wildman–Crippen LogP) is 4.70. The summed E-state index contributed by atoms with van der Waals surface area (Å²) < 4.78 is 0. The zero-order valence-electron chi connectivity index (χ0n) is 21.1. The summed E-state index contributed by atoms with van der Waals surface area (Å²) in [7, 11) is 0. The van der Waals surface area contributed by atoms with E-state index in [0.29, 0.717) is 0 Å². The predicted molar refractivity (Wildman–Crippen MR) is 143 cm³/mol. The van der Waals surface area contributed by atoms with Crippen molar-refractivity contribution in [1.82, 2.24) is 10.2 Å². The number of fused-ring (bicyclic) bond motifs is 1. The SMILES string of the molecule is CC(=O)Nc1cccc(/C=C/C(=O)NC2CCC(CCN3CCc4ccc(C#N)cc4CC3)CC2)c1. The van der Waals surface area contributed by atoms with Crippen LogP contribution in [0.1, 0.15) is 61.3 Å². The van der Waals surface area contributed by atoms with Gasteiger partial charge in [0.05, 0.1) is 11.6 Å². The lowest BCUT2D eigenvalue weighted by Crippen LogP contribution is -2.37. The number of nitriles is 1. The molecule has 0 radical (unpaired) electrons. The fourth-order valence-corrected chi connectivity index (χ4v) is 5.37. The van der Waals surface area contributed by atoms with Crippen LogP contribution in [0.4, 0.5) is 5.69 Å². The lowest BCUT2D eigenvalue weighted by molar-refractivity contribution is -0.117. The Morgan fingerprint density at radius 3 is 2.58 bits per heavy atom. The summed E-state index contributed by atoms with van der Waals surface area (Å²) in [5.74, 6) is 0.546. The van der Waals surface area contributed by atoms with Gasteiger partial charge in [0, 0.05) is 37.8 Å². The third-order valence-electron chi connectivity index (χ3n) is 7.41. The molecule has 2 N–H and O–H groups in total. The molecule has 0 atom stereocenters. The molecule has 0 aromatic heterocycles. The molecule has 2 aromatic rings. The second-order valence-corrected chi connectivity index (χ2v) is 10.1. The highest BCUT2D eigenvalue weighted by molar-refractivity contribution is 5.92. The van der Waals surface area contributed by atoms with E-state index in [9.17, 15) is 9.59 Å². The topological polar surface area (TPSA) is 85.2 Å². The number of carbonyl (C=O) groups excluding carboxylic acids is 2. The molecule has 6 heteroatoms. The van der Waals surface area contributed by atoms with Crippen LogP contribution < -0.4 is 10.6 Å². The summed E-state index contributed by atoms with van der Waals surface area (Å²) in [6.07, 6.45) is 11.0. The molecule has 1 aliphatic heterocycles. The van der Waals surface area contributed by atoms with Crippen molar-refractivity contribution >= 4 is 23.6 Å². The monoisotopic (exact) mass is 484 g/mol. The molecule has 0 saturated heterocycles. The fourth-order valence-electron chi connectivity index (χ4n) is 5.37. The third-order valence-corrected chi connectivity index (χ3v) is 7.41. The highest BCUT2D eigenvalue weighted by atomic mass is 16.2. The van der Waals surface area contributed by atoms with Gasteiger partial charge in [-0.15, -0.1) is 0 Å². The Balaban J connectivity index is 1.16. The van der Waals surface area contributed by atoms with Crippen molar-refractivity contribution in [3.05, 3.63) is 70.8 Å². The van der Waals surface area contributed by atoms with Crippen LogP contribution in [0.5, 0.6) is 0 Å². The van der Waals surface area contributed by atoms with Gasteiger partial charge in [-0.1, -0.05) is 18.2 Å². The molecule has 1 heterocycles. The minimum atomic E-state index is -0.114. The summed E-state index contributed by atoms with van der Waals surface area (Å²) in [6.45, 7) is 4.75. The van der Waals surface area contributed by atoms with Crippen molar-refractivity contribution in [2.75, 3.05) is 25.0 Å². The number of carbonyl (C=O) groups is 2. The van der Waals surface area contributed by atoms with Gasteiger partial charge in [0.15, 0.2) is 0 Å². The minimum Gasteiger partial charge on any atom is -0.350 e. The normalized spacial score (nSPS) is 20.2. The van der Waals surface area contributed by atoms with Crippen molar-refractivity contribution in [1.29, 1.82) is 5.26 Å². The van der Waals surface area contributed by atoms with Gasteiger partial charge in [0.25, 0.3) is 0 Å². The van der Waals surface area contributed by atoms with Crippen LogP contribution in [0.3, 0.4) is 0 Å². The maximum absolute atomic E-state index is 12.4. The van der Waals surface area contributed by atoms with Crippen LogP contribution >= 0.6 is 0 Å². The highest BCUT2D eigenvalue weighted by Crippen LogP contribution is 2.28. The van der Waals surface area contributed by atoms with Gasteiger partial charge in [-0.05, 0) is 104 Å². The lowest BCUT2D eigenvalue weighted by atomic mass is 9.84. The van der Waals surface area contributed by atoms with E-state index in [0.717, 1.165) is 80.9 Å². The molecule has 0 spiro atoms. The molecule has 2 amide bonds. The molecular formula is C30H36N4O2. The number of anilines is 1. The Bertz CT molecular complexity index is 1140. The first-order valence-electron chi connectivity index (χ1n) is 13.1. The fraction of sp³-hybridized carbons (Fsp3) is 0.433. The van der Waals surface area contributed by atoms with Crippen LogP contribution in [0.15, 0.2) is 48.5 Å². The molecule has 2 aromatic carbocycles. The van der Waals surface area contributed by atoms with Crippen LogP contribution in [-0.2, 0) is 22.4 Å². The van der Waals surface area contributed by atoms with Crippen molar-refractivity contribution in [2.24, 2.45) is 5.92 Å².